The van der Waals surface area contributed by atoms with Crippen molar-refractivity contribution in [2.45, 2.75) is 13.0 Å². The van der Waals surface area contributed by atoms with Crippen LogP contribution >= 0.6 is 11.6 Å². The van der Waals surface area contributed by atoms with Crippen LogP contribution in [0, 0.1) is 0 Å². The molecule has 0 spiro atoms. The minimum absolute atomic E-state index is 0.348. The second kappa shape index (κ2) is 11.8. The van der Waals surface area contributed by atoms with E-state index < -0.39 is 18.0 Å². The van der Waals surface area contributed by atoms with E-state index in [4.69, 9.17) is 21.1 Å². The van der Waals surface area contributed by atoms with Gasteiger partial charge in [-0.1, -0.05) is 66.2 Å². The Kier molecular flexibility index (Phi) is 8.11. The molecule has 1 unspecified atom stereocenters. The van der Waals surface area contributed by atoms with Gasteiger partial charge < -0.3 is 9.47 Å². The second-order valence-electron chi connectivity index (χ2n) is 7.85. The van der Waals surface area contributed by atoms with Crippen LogP contribution in [-0.4, -0.2) is 24.2 Å². The van der Waals surface area contributed by atoms with Crippen molar-refractivity contribution in [2.75, 3.05) is 0 Å². The molecule has 1 atom stereocenters. The fraction of sp³-hybridized carbons (Fsp3) is 0.0690. The summed E-state index contributed by atoms with van der Waals surface area (Å²) in [6.45, 7) is 1.65. The first-order valence-corrected chi connectivity index (χ1v) is 11.6. The molecule has 0 heterocycles. The lowest BCUT2D eigenvalue weighted by atomic mass is 10.1. The molecule has 0 aromatic heterocycles. The van der Waals surface area contributed by atoms with Crippen molar-refractivity contribution >= 4 is 29.7 Å². The summed E-state index contributed by atoms with van der Waals surface area (Å²) in [5, 5.41) is 4.52. The maximum atomic E-state index is 12.4. The summed E-state index contributed by atoms with van der Waals surface area (Å²) in [6, 6.07) is 30.7. The first kappa shape index (κ1) is 24.7. The fourth-order valence-corrected chi connectivity index (χ4v) is 3.41. The van der Waals surface area contributed by atoms with E-state index in [1.54, 1.807) is 55.5 Å². The van der Waals surface area contributed by atoms with Gasteiger partial charge in [-0.3, -0.25) is 4.79 Å². The summed E-state index contributed by atoms with van der Waals surface area (Å²) in [4.78, 5) is 24.7. The van der Waals surface area contributed by atoms with Crippen molar-refractivity contribution in [3.8, 4) is 22.6 Å². The molecular formula is C29H23ClN2O4. The summed E-state index contributed by atoms with van der Waals surface area (Å²) in [5.41, 5.74) is 5.65. The van der Waals surface area contributed by atoms with Gasteiger partial charge in [-0.25, -0.2) is 10.2 Å². The normalized spacial score (nSPS) is 11.6. The van der Waals surface area contributed by atoms with Gasteiger partial charge in [0.2, 0.25) is 0 Å². The van der Waals surface area contributed by atoms with Gasteiger partial charge in [0.25, 0.3) is 5.91 Å². The Morgan fingerprint density at radius 1 is 0.833 bits per heavy atom. The van der Waals surface area contributed by atoms with Crippen LogP contribution in [0.3, 0.4) is 0 Å². The molecule has 0 aliphatic rings. The number of carbonyl (C=O) groups is 2. The highest BCUT2D eigenvalue weighted by molar-refractivity contribution is 6.30. The molecule has 180 valence electrons. The highest BCUT2D eigenvalue weighted by atomic mass is 35.5. The molecule has 4 rings (SSSR count). The number of nitrogens with one attached hydrogen (secondary N) is 1. The first-order valence-electron chi connectivity index (χ1n) is 11.2. The number of amides is 1. The van der Waals surface area contributed by atoms with E-state index in [2.05, 4.69) is 10.5 Å². The molecule has 0 saturated heterocycles. The van der Waals surface area contributed by atoms with E-state index in [0.29, 0.717) is 27.6 Å². The van der Waals surface area contributed by atoms with Crippen molar-refractivity contribution in [3.63, 3.8) is 0 Å². The molecule has 7 heteroatoms. The minimum Gasteiger partial charge on any atom is -0.481 e. The molecule has 0 bridgehead atoms. The first-order chi connectivity index (χ1) is 17.5. The average molecular weight is 499 g/mol. The third kappa shape index (κ3) is 6.81. The predicted octanol–water partition coefficient (Wildman–Crippen LogP) is 6.14. The summed E-state index contributed by atoms with van der Waals surface area (Å²) in [6.07, 6.45) is 0.704. The second-order valence-corrected chi connectivity index (χ2v) is 8.29. The standard InChI is InChI=1S/C29H23ClN2O4/c1-20(35-26-16-12-23(13-17-26)22-7-3-2-4-8-22)28(33)32-31-19-21-6-5-9-27(18-21)36-29(34)24-10-14-25(30)15-11-24/h2-20H,1H3,(H,32,33)/b31-19+. The van der Waals surface area contributed by atoms with Crippen LogP contribution in [0.25, 0.3) is 11.1 Å². The Bertz CT molecular complexity index is 1350. The lowest BCUT2D eigenvalue weighted by Crippen LogP contribution is -2.33. The molecule has 0 aliphatic carbocycles. The summed E-state index contributed by atoms with van der Waals surface area (Å²) in [7, 11) is 0. The van der Waals surface area contributed by atoms with Crippen LogP contribution in [0.1, 0.15) is 22.8 Å². The maximum absolute atomic E-state index is 12.4. The van der Waals surface area contributed by atoms with E-state index in [-0.39, 0.29) is 0 Å². The number of hydrogen-bond acceptors (Lipinski definition) is 5. The molecule has 0 saturated carbocycles. The van der Waals surface area contributed by atoms with Crippen molar-refractivity contribution in [1.82, 2.24) is 5.43 Å². The Morgan fingerprint density at radius 3 is 2.25 bits per heavy atom. The third-order valence-electron chi connectivity index (χ3n) is 5.18. The van der Waals surface area contributed by atoms with Gasteiger partial charge in [0.1, 0.15) is 11.5 Å². The molecule has 6 nitrogen and oxygen atoms in total. The van der Waals surface area contributed by atoms with E-state index in [0.717, 1.165) is 11.1 Å². The Hall–Kier alpha value is -4.42. The molecule has 4 aromatic carbocycles. The van der Waals surface area contributed by atoms with Crippen LogP contribution in [0.15, 0.2) is 108 Å². The van der Waals surface area contributed by atoms with Crippen LogP contribution < -0.4 is 14.9 Å². The average Bonchev–Trinajstić information content (AvgIpc) is 2.90. The Labute approximate surface area is 214 Å². The lowest BCUT2D eigenvalue weighted by molar-refractivity contribution is -0.127. The van der Waals surface area contributed by atoms with Gasteiger partial charge in [0.05, 0.1) is 11.8 Å². The van der Waals surface area contributed by atoms with Gasteiger partial charge in [-0.2, -0.15) is 5.10 Å². The largest absolute Gasteiger partial charge is 0.481 e. The number of hydrazone groups is 1. The molecule has 36 heavy (non-hydrogen) atoms. The van der Waals surface area contributed by atoms with Crippen molar-refractivity contribution in [1.29, 1.82) is 0 Å². The van der Waals surface area contributed by atoms with E-state index >= 15 is 0 Å². The van der Waals surface area contributed by atoms with Crippen LogP contribution in [-0.2, 0) is 4.79 Å². The fourth-order valence-electron chi connectivity index (χ4n) is 3.29. The monoisotopic (exact) mass is 498 g/mol. The summed E-state index contributed by atoms with van der Waals surface area (Å²) < 4.78 is 11.1. The van der Waals surface area contributed by atoms with Crippen LogP contribution in [0.2, 0.25) is 5.02 Å². The van der Waals surface area contributed by atoms with E-state index in [1.165, 1.54) is 6.21 Å². The highest BCUT2D eigenvalue weighted by Crippen LogP contribution is 2.22. The summed E-state index contributed by atoms with van der Waals surface area (Å²) >= 11 is 5.85. The van der Waals surface area contributed by atoms with Crippen molar-refractivity contribution in [2.24, 2.45) is 5.10 Å². The molecule has 1 amide bonds. The lowest BCUT2D eigenvalue weighted by Gasteiger charge is -2.13. The number of rotatable bonds is 8. The zero-order valence-corrected chi connectivity index (χ0v) is 20.2. The van der Waals surface area contributed by atoms with Gasteiger partial charge >= 0.3 is 5.97 Å². The maximum Gasteiger partial charge on any atom is 0.343 e. The van der Waals surface area contributed by atoms with Crippen LogP contribution in [0.5, 0.6) is 11.5 Å². The summed E-state index contributed by atoms with van der Waals surface area (Å²) in [5.74, 6) is 0.0259. The molecule has 0 radical (unpaired) electrons. The highest BCUT2D eigenvalue weighted by Gasteiger charge is 2.14. The number of esters is 1. The van der Waals surface area contributed by atoms with Gasteiger partial charge in [-0.05, 0) is 72.1 Å². The SMILES string of the molecule is CC(Oc1ccc(-c2ccccc2)cc1)C(=O)N/N=C/c1cccc(OC(=O)c2ccc(Cl)cc2)c1. The van der Waals surface area contributed by atoms with Crippen molar-refractivity contribution < 1.29 is 19.1 Å². The van der Waals surface area contributed by atoms with Crippen LogP contribution in [0.4, 0.5) is 0 Å². The quantitative estimate of drug-likeness (QED) is 0.137. The molecule has 1 N–H and O–H groups in total. The number of carbonyl (C=O) groups excluding carboxylic acids is 2. The zero-order chi connectivity index (χ0) is 25.3. The number of halogens is 1. The topological polar surface area (TPSA) is 77.0 Å². The van der Waals surface area contributed by atoms with Gasteiger partial charge in [-0.15, -0.1) is 0 Å². The van der Waals surface area contributed by atoms with E-state index in [1.807, 2.05) is 54.6 Å². The number of ether oxygens (including phenoxy) is 2. The Morgan fingerprint density at radius 2 is 1.53 bits per heavy atom. The van der Waals surface area contributed by atoms with E-state index in [9.17, 15) is 9.59 Å². The Balaban J connectivity index is 1.29. The third-order valence-corrected chi connectivity index (χ3v) is 5.43. The number of hydrogen-bond donors (Lipinski definition) is 1. The minimum atomic E-state index is -0.753. The van der Waals surface area contributed by atoms with Crippen molar-refractivity contribution in [3.05, 3.63) is 119 Å². The molecule has 4 aromatic rings. The van der Waals surface area contributed by atoms with Gasteiger partial charge in [0.15, 0.2) is 6.10 Å². The predicted molar refractivity (Wildman–Crippen MR) is 141 cm³/mol. The molecule has 0 aliphatic heterocycles. The molecular weight excluding hydrogens is 476 g/mol. The van der Waals surface area contributed by atoms with Gasteiger partial charge in [0, 0.05) is 5.02 Å². The number of nitrogens with zero attached hydrogens (tertiary/aromatic N) is 1. The molecule has 0 fully saturated rings. The zero-order valence-electron chi connectivity index (χ0n) is 19.4. The number of benzene rings is 4. The smallest absolute Gasteiger partial charge is 0.343 e.